The summed E-state index contributed by atoms with van der Waals surface area (Å²) < 4.78 is 10.6. The number of benzene rings is 2. The minimum Gasteiger partial charge on any atom is -0.507 e. The van der Waals surface area contributed by atoms with Crippen molar-refractivity contribution in [1.29, 1.82) is 0 Å². The quantitative estimate of drug-likeness (QED) is 0.447. The molecule has 0 aliphatic heterocycles. The molecule has 2 aromatic rings. The Kier molecular flexibility index (Phi) is 6.90. The van der Waals surface area contributed by atoms with Crippen LogP contribution in [-0.2, 0) is 9.53 Å². The lowest BCUT2D eigenvalue weighted by molar-refractivity contribution is -0.143. The Bertz CT molecular complexity index is 677. The Morgan fingerprint density at radius 1 is 1.08 bits per heavy atom. The largest absolute Gasteiger partial charge is 0.507 e. The summed E-state index contributed by atoms with van der Waals surface area (Å²) in [6.07, 6.45) is 4.63. The smallest absolute Gasteiger partial charge is 0.305 e. The number of hydrogen-bond donors (Lipinski definition) is 1. The van der Waals surface area contributed by atoms with Crippen molar-refractivity contribution < 1.29 is 19.4 Å². The minimum atomic E-state index is -0.221. The van der Waals surface area contributed by atoms with Gasteiger partial charge < -0.3 is 14.6 Å². The molecule has 0 spiro atoms. The maximum atomic E-state index is 11.3. The van der Waals surface area contributed by atoms with Gasteiger partial charge in [0.15, 0.2) is 0 Å². The second-order valence-corrected chi connectivity index (χ2v) is 5.19. The van der Waals surface area contributed by atoms with Crippen LogP contribution in [0.1, 0.15) is 30.9 Å². The van der Waals surface area contributed by atoms with Crippen LogP contribution in [0.4, 0.5) is 0 Å². The summed E-state index contributed by atoms with van der Waals surface area (Å²) in [4.78, 5) is 11.3. The van der Waals surface area contributed by atoms with Crippen molar-refractivity contribution in [3.8, 4) is 11.5 Å². The monoisotopic (exact) mass is 326 g/mol. The van der Waals surface area contributed by atoms with Gasteiger partial charge in [-0.2, -0.15) is 0 Å². The molecule has 0 saturated carbocycles. The summed E-state index contributed by atoms with van der Waals surface area (Å²) in [7, 11) is 0. The number of hydrogen-bond acceptors (Lipinski definition) is 4. The van der Waals surface area contributed by atoms with Crippen molar-refractivity contribution in [1.82, 2.24) is 0 Å². The number of carbonyl (C=O) groups excluding carboxylic acids is 1. The van der Waals surface area contributed by atoms with Gasteiger partial charge in [0.25, 0.3) is 0 Å². The maximum Gasteiger partial charge on any atom is 0.305 e. The van der Waals surface area contributed by atoms with Gasteiger partial charge in [0, 0.05) is 6.42 Å². The number of ether oxygens (including phenoxy) is 2. The number of phenols is 1. The van der Waals surface area contributed by atoms with Gasteiger partial charge in [-0.3, -0.25) is 4.79 Å². The average molecular weight is 326 g/mol. The van der Waals surface area contributed by atoms with Crippen LogP contribution in [0.25, 0.3) is 12.2 Å². The molecule has 0 atom stereocenters. The van der Waals surface area contributed by atoms with Crippen molar-refractivity contribution >= 4 is 18.1 Å². The Labute approximate surface area is 142 Å². The van der Waals surface area contributed by atoms with E-state index < -0.39 is 0 Å². The summed E-state index contributed by atoms with van der Waals surface area (Å²) in [5, 5.41) is 10.1. The van der Waals surface area contributed by atoms with E-state index in [2.05, 4.69) is 0 Å². The Morgan fingerprint density at radius 3 is 2.62 bits per heavy atom. The third-order valence-electron chi connectivity index (χ3n) is 3.37. The molecule has 0 unspecified atom stereocenters. The normalized spacial score (nSPS) is 10.7. The maximum absolute atomic E-state index is 11.3. The van der Waals surface area contributed by atoms with E-state index in [0.29, 0.717) is 37.4 Å². The molecule has 0 aromatic heterocycles. The van der Waals surface area contributed by atoms with Crippen LogP contribution in [0.2, 0.25) is 0 Å². The molecule has 0 fully saturated rings. The molecule has 2 aromatic carbocycles. The van der Waals surface area contributed by atoms with E-state index in [-0.39, 0.29) is 11.7 Å². The Hall–Kier alpha value is -2.75. The van der Waals surface area contributed by atoms with Gasteiger partial charge in [-0.15, -0.1) is 0 Å². The fourth-order valence-corrected chi connectivity index (χ4v) is 2.20. The molecular weight excluding hydrogens is 304 g/mol. The molecule has 4 nitrogen and oxygen atoms in total. The summed E-state index contributed by atoms with van der Waals surface area (Å²) >= 11 is 0. The summed E-state index contributed by atoms with van der Waals surface area (Å²) in [5.41, 5.74) is 1.66. The van der Waals surface area contributed by atoms with E-state index in [1.807, 2.05) is 42.5 Å². The SMILES string of the molecule is CCOC(=O)CCCOc1cccc(O)c1/C=C/c1ccccc1. The Balaban J connectivity index is 1.99. The molecule has 0 saturated heterocycles. The molecule has 126 valence electrons. The molecule has 0 heterocycles. The fraction of sp³-hybridized carbons (Fsp3) is 0.250. The first-order valence-electron chi connectivity index (χ1n) is 8.04. The second kappa shape index (κ2) is 9.40. The molecule has 0 radical (unpaired) electrons. The zero-order chi connectivity index (χ0) is 17.2. The Morgan fingerprint density at radius 2 is 1.88 bits per heavy atom. The lowest BCUT2D eigenvalue weighted by atomic mass is 10.1. The third kappa shape index (κ3) is 5.47. The molecular formula is C20H22O4. The molecule has 0 bridgehead atoms. The van der Waals surface area contributed by atoms with E-state index in [4.69, 9.17) is 9.47 Å². The average Bonchev–Trinajstić information content (AvgIpc) is 2.59. The second-order valence-electron chi connectivity index (χ2n) is 5.19. The van der Waals surface area contributed by atoms with Crippen LogP contribution >= 0.6 is 0 Å². The highest BCUT2D eigenvalue weighted by atomic mass is 16.5. The van der Waals surface area contributed by atoms with Gasteiger partial charge in [0.1, 0.15) is 11.5 Å². The van der Waals surface area contributed by atoms with Crippen molar-refractivity contribution in [2.45, 2.75) is 19.8 Å². The first kappa shape index (κ1) is 17.6. The van der Waals surface area contributed by atoms with Gasteiger partial charge in [-0.05, 0) is 37.1 Å². The topological polar surface area (TPSA) is 55.8 Å². The lowest BCUT2D eigenvalue weighted by Crippen LogP contribution is -2.07. The number of phenolic OH excluding ortho intramolecular Hbond substituents is 1. The van der Waals surface area contributed by atoms with E-state index in [0.717, 1.165) is 5.56 Å². The van der Waals surface area contributed by atoms with Crippen LogP contribution in [0.15, 0.2) is 48.5 Å². The molecule has 24 heavy (non-hydrogen) atoms. The van der Waals surface area contributed by atoms with E-state index in [1.54, 1.807) is 25.1 Å². The standard InChI is InChI=1S/C20H22O4/c1-2-23-20(22)12-7-15-24-19-11-6-10-18(21)17(19)14-13-16-8-4-3-5-9-16/h3-6,8-11,13-14,21H,2,7,12,15H2,1H3/b14-13+. The lowest BCUT2D eigenvalue weighted by Gasteiger charge is -2.10. The molecule has 0 aliphatic carbocycles. The minimum absolute atomic E-state index is 0.157. The van der Waals surface area contributed by atoms with Crippen LogP contribution in [0, 0.1) is 0 Å². The van der Waals surface area contributed by atoms with Crippen molar-refractivity contribution in [2.24, 2.45) is 0 Å². The fourth-order valence-electron chi connectivity index (χ4n) is 2.20. The number of rotatable bonds is 8. The predicted octanol–water partition coefficient (Wildman–Crippen LogP) is 4.28. The number of esters is 1. The van der Waals surface area contributed by atoms with Crippen LogP contribution in [0.3, 0.4) is 0 Å². The third-order valence-corrected chi connectivity index (χ3v) is 3.37. The van der Waals surface area contributed by atoms with Gasteiger partial charge in [-0.25, -0.2) is 0 Å². The van der Waals surface area contributed by atoms with Gasteiger partial charge in [0.05, 0.1) is 18.8 Å². The van der Waals surface area contributed by atoms with E-state index in [9.17, 15) is 9.90 Å². The van der Waals surface area contributed by atoms with Crippen molar-refractivity contribution in [3.05, 3.63) is 59.7 Å². The van der Waals surface area contributed by atoms with Crippen LogP contribution in [0.5, 0.6) is 11.5 Å². The highest BCUT2D eigenvalue weighted by Gasteiger charge is 2.07. The van der Waals surface area contributed by atoms with Crippen molar-refractivity contribution in [2.75, 3.05) is 13.2 Å². The zero-order valence-electron chi connectivity index (χ0n) is 13.8. The molecule has 0 amide bonds. The first-order chi connectivity index (χ1) is 11.7. The van der Waals surface area contributed by atoms with Gasteiger partial charge in [0.2, 0.25) is 0 Å². The van der Waals surface area contributed by atoms with Crippen LogP contribution in [-0.4, -0.2) is 24.3 Å². The van der Waals surface area contributed by atoms with E-state index >= 15 is 0 Å². The van der Waals surface area contributed by atoms with E-state index in [1.165, 1.54) is 0 Å². The first-order valence-corrected chi connectivity index (χ1v) is 8.04. The number of carbonyl (C=O) groups is 1. The summed E-state index contributed by atoms with van der Waals surface area (Å²) in [6.45, 7) is 2.56. The molecule has 2 rings (SSSR count). The van der Waals surface area contributed by atoms with Crippen molar-refractivity contribution in [3.63, 3.8) is 0 Å². The molecule has 4 heteroatoms. The molecule has 0 aliphatic rings. The highest BCUT2D eigenvalue weighted by Crippen LogP contribution is 2.29. The summed E-state index contributed by atoms with van der Waals surface area (Å²) in [5.74, 6) is 0.525. The molecule has 1 N–H and O–H groups in total. The zero-order valence-corrected chi connectivity index (χ0v) is 13.8. The van der Waals surface area contributed by atoms with Crippen LogP contribution < -0.4 is 4.74 Å². The summed E-state index contributed by atoms with van der Waals surface area (Å²) in [6, 6.07) is 15.0. The number of aromatic hydroxyl groups is 1. The predicted molar refractivity (Wildman–Crippen MR) is 94.8 cm³/mol. The van der Waals surface area contributed by atoms with Gasteiger partial charge in [-0.1, -0.05) is 42.5 Å². The highest BCUT2D eigenvalue weighted by molar-refractivity contribution is 5.75. The van der Waals surface area contributed by atoms with Gasteiger partial charge >= 0.3 is 5.97 Å².